The standard InChI is InChI=1S/C35H46N6O3S/c1-33(2,3)18-16-23-17-19-36-27(20-23)26-14-12-24-21-35(7,8)41(22-24)31-25(13-15-28(38-31)34(4,5)6)32(42)40-45(43,44)30-11-9-10-29(37-26)39-30/h9-11,13,15-20,24,26H,12,14,21-22H2,1-8H3,(H,37,39)(H,40,42)/b18-16+/t24-,26+/m0/s1. The van der Waals surface area contributed by atoms with Crippen LogP contribution in [0.2, 0.25) is 0 Å². The molecule has 3 aromatic rings. The van der Waals surface area contributed by atoms with Crippen molar-refractivity contribution in [3.05, 3.63) is 77.3 Å². The maximum atomic E-state index is 13.7. The highest BCUT2D eigenvalue weighted by Crippen LogP contribution is 2.41. The smallest absolute Gasteiger partial charge is 0.281 e. The monoisotopic (exact) mass is 630 g/mol. The number of carbonyl (C=O) groups excluding carboxylic acids is 1. The van der Waals surface area contributed by atoms with Crippen LogP contribution in [-0.2, 0) is 15.4 Å². The van der Waals surface area contributed by atoms with Gasteiger partial charge in [0.1, 0.15) is 11.6 Å². The summed E-state index contributed by atoms with van der Waals surface area (Å²) in [4.78, 5) is 30.0. The van der Waals surface area contributed by atoms with E-state index in [0.717, 1.165) is 36.2 Å². The van der Waals surface area contributed by atoms with E-state index in [-0.39, 0.29) is 33.0 Å². The maximum absolute atomic E-state index is 13.7. The number of aromatic nitrogens is 3. The Kier molecular flexibility index (Phi) is 8.59. The number of nitrogens with zero attached hydrogens (tertiary/aromatic N) is 4. The van der Waals surface area contributed by atoms with Crippen LogP contribution in [0.5, 0.6) is 0 Å². The van der Waals surface area contributed by atoms with Crippen molar-refractivity contribution in [2.24, 2.45) is 11.3 Å². The lowest BCUT2D eigenvalue weighted by Gasteiger charge is -2.34. The largest absolute Gasteiger partial charge is 0.362 e. The molecule has 2 aliphatic rings. The Morgan fingerprint density at radius 3 is 2.47 bits per heavy atom. The van der Waals surface area contributed by atoms with E-state index in [9.17, 15) is 13.2 Å². The summed E-state index contributed by atoms with van der Waals surface area (Å²) < 4.78 is 29.3. The van der Waals surface area contributed by atoms with Crippen molar-refractivity contribution in [2.75, 3.05) is 16.8 Å². The van der Waals surface area contributed by atoms with E-state index in [1.807, 2.05) is 18.3 Å². The third kappa shape index (κ3) is 7.54. The van der Waals surface area contributed by atoms with Gasteiger partial charge in [-0.1, -0.05) is 59.8 Å². The topological polar surface area (TPSA) is 117 Å². The van der Waals surface area contributed by atoms with E-state index in [2.05, 4.69) is 93.5 Å². The van der Waals surface area contributed by atoms with Gasteiger partial charge in [0.25, 0.3) is 15.9 Å². The molecule has 9 nitrogen and oxygen atoms in total. The number of hydrogen-bond acceptors (Lipinski definition) is 8. The highest BCUT2D eigenvalue weighted by Gasteiger charge is 2.41. The van der Waals surface area contributed by atoms with Crippen molar-refractivity contribution in [1.29, 1.82) is 0 Å². The second-order valence-corrected chi connectivity index (χ2v) is 16.7. The maximum Gasteiger partial charge on any atom is 0.281 e. The number of carbonyl (C=O) groups is 1. The Balaban J connectivity index is 1.59. The molecule has 1 fully saturated rings. The average molecular weight is 631 g/mol. The Bertz CT molecular complexity index is 1720. The van der Waals surface area contributed by atoms with Gasteiger partial charge in [-0.3, -0.25) is 9.78 Å². The molecule has 0 aromatic carbocycles. The first-order valence-electron chi connectivity index (χ1n) is 15.7. The summed E-state index contributed by atoms with van der Waals surface area (Å²) in [6.45, 7) is 17.7. The Morgan fingerprint density at radius 2 is 1.76 bits per heavy atom. The van der Waals surface area contributed by atoms with Crippen LogP contribution in [0.4, 0.5) is 11.6 Å². The van der Waals surface area contributed by atoms with Gasteiger partial charge < -0.3 is 10.2 Å². The Labute approximate surface area is 268 Å². The van der Waals surface area contributed by atoms with Gasteiger partial charge in [-0.05, 0) is 86.4 Å². The zero-order valence-electron chi connectivity index (χ0n) is 27.7. The van der Waals surface area contributed by atoms with E-state index >= 15 is 0 Å². The molecule has 0 radical (unpaired) electrons. The molecule has 4 bridgehead atoms. The number of fused-ring (bicyclic) bond motifs is 6. The lowest BCUT2D eigenvalue weighted by Crippen LogP contribution is -2.41. The number of hydrogen-bond donors (Lipinski definition) is 2. The molecular formula is C35H46N6O3S. The summed E-state index contributed by atoms with van der Waals surface area (Å²) >= 11 is 0. The van der Waals surface area contributed by atoms with Gasteiger partial charge in [0.15, 0.2) is 5.03 Å². The van der Waals surface area contributed by atoms with E-state index < -0.39 is 15.9 Å². The summed E-state index contributed by atoms with van der Waals surface area (Å²) in [5, 5.41) is 3.23. The predicted molar refractivity (Wildman–Crippen MR) is 180 cm³/mol. The molecule has 1 amide bonds. The van der Waals surface area contributed by atoms with Crippen LogP contribution in [-0.4, -0.2) is 41.4 Å². The van der Waals surface area contributed by atoms with E-state index in [0.29, 0.717) is 24.1 Å². The summed E-state index contributed by atoms with van der Waals surface area (Å²) in [6, 6.07) is 12.1. The second-order valence-electron chi connectivity index (χ2n) is 15.1. The summed E-state index contributed by atoms with van der Waals surface area (Å²) in [5.41, 5.74) is 2.44. The molecule has 2 atom stereocenters. The summed E-state index contributed by atoms with van der Waals surface area (Å²) in [5.74, 6) is 0.494. The van der Waals surface area contributed by atoms with Crippen LogP contribution in [0.15, 0.2) is 59.8 Å². The van der Waals surface area contributed by atoms with Gasteiger partial charge >= 0.3 is 0 Å². The van der Waals surface area contributed by atoms with E-state index in [1.54, 1.807) is 18.2 Å². The van der Waals surface area contributed by atoms with Crippen molar-refractivity contribution >= 4 is 33.6 Å². The van der Waals surface area contributed by atoms with Gasteiger partial charge in [-0.25, -0.2) is 14.7 Å². The lowest BCUT2D eigenvalue weighted by molar-refractivity contribution is 0.0981. The molecule has 240 valence electrons. The van der Waals surface area contributed by atoms with Crippen LogP contribution < -0.4 is 14.9 Å². The molecule has 10 heteroatoms. The zero-order chi connectivity index (χ0) is 32.8. The molecule has 0 aliphatic carbocycles. The minimum atomic E-state index is -4.28. The normalized spacial score (nSPS) is 21.8. The highest BCUT2D eigenvalue weighted by molar-refractivity contribution is 7.90. The molecule has 0 spiro atoms. The average Bonchev–Trinajstić information content (AvgIpc) is 3.26. The first-order valence-corrected chi connectivity index (χ1v) is 17.1. The van der Waals surface area contributed by atoms with Crippen LogP contribution >= 0.6 is 0 Å². The van der Waals surface area contributed by atoms with Crippen LogP contribution in [0, 0.1) is 11.3 Å². The molecule has 1 saturated heterocycles. The van der Waals surface area contributed by atoms with E-state index in [4.69, 9.17) is 9.97 Å². The molecule has 5 rings (SSSR count). The van der Waals surface area contributed by atoms with Crippen molar-refractivity contribution in [2.45, 2.75) is 96.7 Å². The fourth-order valence-corrected chi connectivity index (χ4v) is 6.99. The molecule has 0 unspecified atom stereocenters. The first kappa shape index (κ1) is 32.6. The second kappa shape index (κ2) is 11.9. The summed E-state index contributed by atoms with van der Waals surface area (Å²) in [6.07, 6.45) is 8.64. The SMILES string of the molecule is CC(C)(C)/C=C/c1ccnc([C@H]2CC[C@@H]3CN(c4nc(C(C)(C)C)ccc4C(=O)NS(=O)(=O)c4cccc(n4)N2)C(C)(C)C3)c1. The Hall–Kier alpha value is -3.79. The van der Waals surface area contributed by atoms with Gasteiger partial charge in [-0.15, -0.1) is 0 Å². The fraction of sp³-hybridized carbons (Fsp3) is 0.486. The number of sulfonamides is 1. The van der Waals surface area contributed by atoms with Crippen LogP contribution in [0.3, 0.4) is 0 Å². The minimum Gasteiger partial charge on any atom is -0.362 e. The number of rotatable bonds is 2. The van der Waals surface area contributed by atoms with Gasteiger partial charge in [0, 0.05) is 29.4 Å². The highest BCUT2D eigenvalue weighted by atomic mass is 32.2. The quantitative estimate of drug-likeness (QED) is 0.314. The zero-order valence-corrected chi connectivity index (χ0v) is 28.5. The van der Waals surface area contributed by atoms with Gasteiger partial charge in [-0.2, -0.15) is 8.42 Å². The molecule has 5 heterocycles. The molecule has 0 saturated carbocycles. The van der Waals surface area contributed by atoms with Gasteiger partial charge in [0.05, 0.1) is 17.3 Å². The van der Waals surface area contributed by atoms with Crippen molar-refractivity contribution in [1.82, 2.24) is 19.7 Å². The fourth-order valence-electron chi connectivity index (χ4n) is 6.06. The predicted octanol–water partition coefficient (Wildman–Crippen LogP) is 6.90. The molecule has 2 N–H and O–H groups in total. The minimum absolute atomic E-state index is 0.0400. The van der Waals surface area contributed by atoms with Crippen molar-refractivity contribution in [3.8, 4) is 0 Å². The lowest BCUT2D eigenvalue weighted by atomic mass is 9.90. The number of amides is 1. The molecule has 2 aliphatic heterocycles. The van der Waals surface area contributed by atoms with Crippen LogP contribution in [0.25, 0.3) is 6.08 Å². The molecule has 3 aromatic heterocycles. The Morgan fingerprint density at radius 1 is 1.00 bits per heavy atom. The number of pyridine rings is 3. The third-order valence-corrected chi connectivity index (χ3v) is 9.69. The van der Waals surface area contributed by atoms with Crippen molar-refractivity contribution in [3.63, 3.8) is 0 Å². The summed E-state index contributed by atoms with van der Waals surface area (Å²) in [7, 11) is -4.28. The third-order valence-electron chi connectivity index (χ3n) is 8.45. The first-order chi connectivity index (χ1) is 20.9. The number of allylic oxidation sites excluding steroid dienone is 1. The van der Waals surface area contributed by atoms with Gasteiger partial charge in [0.2, 0.25) is 0 Å². The van der Waals surface area contributed by atoms with Crippen LogP contribution in [0.1, 0.15) is 108 Å². The number of nitrogens with one attached hydrogen (secondary N) is 2. The molecular weight excluding hydrogens is 584 g/mol. The number of anilines is 2. The van der Waals surface area contributed by atoms with E-state index in [1.165, 1.54) is 6.07 Å². The molecule has 45 heavy (non-hydrogen) atoms. The van der Waals surface area contributed by atoms with Crippen molar-refractivity contribution < 1.29 is 13.2 Å².